The number of aromatic nitrogens is 1. The second-order valence-corrected chi connectivity index (χ2v) is 9.45. The van der Waals surface area contributed by atoms with Crippen molar-refractivity contribution < 1.29 is 19.1 Å². The summed E-state index contributed by atoms with van der Waals surface area (Å²) in [5.74, 6) is 0.689. The second kappa shape index (κ2) is 11.3. The van der Waals surface area contributed by atoms with Gasteiger partial charge < -0.3 is 19.4 Å². The first-order valence-corrected chi connectivity index (χ1v) is 12.4. The van der Waals surface area contributed by atoms with E-state index in [2.05, 4.69) is 4.98 Å². The molecule has 0 unspecified atom stereocenters. The van der Waals surface area contributed by atoms with Crippen LogP contribution in [0.4, 0.5) is 0 Å². The van der Waals surface area contributed by atoms with E-state index in [1.807, 2.05) is 46.2 Å². The zero-order valence-electron chi connectivity index (χ0n) is 20.6. The molecule has 2 aliphatic heterocycles. The molecule has 1 aromatic heterocycles. The zero-order valence-corrected chi connectivity index (χ0v) is 20.6. The number of pyridine rings is 1. The molecule has 0 saturated carbocycles. The molecule has 2 saturated heterocycles. The van der Waals surface area contributed by atoms with E-state index in [1.54, 1.807) is 25.2 Å². The van der Waals surface area contributed by atoms with Gasteiger partial charge in [-0.05, 0) is 36.6 Å². The van der Waals surface area contributed by atoms with Crippen molar-refractivity contribution in [2.75, 3.05) is 40.3 Å². The van der Waals surface area contributed by atoms with Gasteiger partial charge in [-0.15, -0.1) is 0 Å². The standard InChI is InChI=1S/C27H34N4O4/c1-29(2)27(34)21-7-5-20(6-8-21)22-9-10-24(28-19-22)35-23-13-17-31(18-14-23)26(33)12-11-25(32)30-15-3-4-16-30/h5-10,19,23H,3-4,11-18H2,1-2H3. The van der Waals surface area contributed by atoms with Crippen molar-refractivity contribution in [3.05, 3.63) is 48.2 Å². The highest BCUT2D eigenvalue weighted by Crippen LogP contribution is 2.23. The van der Waals surface area contributed by atoms with Crippen LogP contribution in [0.15, 0.2) is 42.6 Å². The summed E-state index contributed by atoms with van der Waals surface area (Å²) in [5, 5.41) is 0. The van der Waals surface area contributed by atoms with Gasteiger partial charge in [-0.2, -0.15) is 0 Å². The molecular formula is C27H34N4O4. The fourth-order valence-electron chi connectivity index (χ4n) is 4.57. The highest BCUT2D eigenvalue weighted by atomic mass is 16.5. The van der Waals surface area contributed by atoms with Crippen LogP contribution in [-0.2, 0) is 9.59 Å². The van der Waals surface area contributed by atoms with Gasteiger partial charge in [0.25, 0.3) is 5.91 Å². The minimum absolute atomic E-state index is 0.0139. The fraction of sp³-hybridized carbons (Fsp3) is 0.481. The van der Waals surface area contributed by atoms with E-state index in [-0.39, 0.29) is 30.2 Å². The number of amides is 3. The molecule has 0 aliphatic carbocycles. The van der Waals surface area contributed by atoms with Crippen LogP contribution in [0.25, 0.3) is 11.1 Å². The molecule has 3 heterocycles. The van der Waals surface area contributed by atoms with Crippen LogP contribution in [0.5, 0.6) is 5.88 Å². The smallest absolute Gasteiger partial charge is 0.253 e. The minimum atomic E-state index is -0.0262. The molecule has 35 heavy (non-hydrogen) atoms. The van der Waals surface area contributed by atoms with Crippen molar-refractivity contribution in [1.29, 1.82) is 0 Å². The number of carbonyl (C=O) groups is 3. The molecule has 4 rings (SSSR count). The van der Waals surface area contributed by atoms with Gasteiger partial charge in [0.15, 0.2) is 0 Å². The Morgan fingerprint density at radius 3 is 1.97 bits per heavy atom. The van der Waals surface area contributed by atoms with E-state index in [9.17, 15) is 14.4 Å². The predicted molar refractivity (Wildman–Crippen MR) is 133 cm³/mol. The lowest BCUT2D eigenvalue weighted by Crippen LogP contribution is -2.42. The molecule has 2 aromatic rings. The lowest BCUT2D eigenvalue weighted by Gasteiger charge is -2.32. The summed E-state index contributed by atoms with van der Waals surface area (Å²) in [6.45, 7) is 2.93. The molecule has 0 atom stereocenters. The number of carbonyl (C=O) groups excluding carboxylic acids is 3. The minimum Gasteiger partial charge on any atom is -0.474 e. The van der Waals surface area contributed by atoms with Gasteiger partial charge in [-0.3, -0.25) is 14.4 Å². The molecular weight excluding hydrogens is 444 g/mol. The summed E-state index contributed by atoms with van der Waals surface area (Å²) < 4.78 is 6.06. The second-order valence-electron chi connectivity index (χ2n) is 9.45. The Hall–Kier alpha value is -3.42. The first kappa shape index (κ1) is 24.7. The maximum Gasteiger partial charge on any atom is 0.253 e. The van der Waals surface area contributed by atoms with Gasteiger partial charge in [0.1, 0.15) is 6.10 Å². The van der Waals surface area contributed by atoms with Crippen LogP contribution in [-0.4, -0.2) is 83.8 Å². The molecule has 2 fully saturated rings. The van der Waals surface area contributed by atoms with E-state index >= 15 is 0 Å². The Bertz CT molecular complexity index is 1020. The summed E-state index contributed by atoms with van der Waals surface area (Å²) in [6.07, 6.45) is 6.00. The highest BCUT2D eigenvalue weighted by molar-refractivity contribution is 5.94. The van der Waals surface area contributed by atoms with Crippen LogP contribution >= 0.6 is 0 Å². The molecule has 0 bridgehead atoms. The Labute approximate surface area is 206 Å². The molecule has 0 N–H and O–H groups in total. The van der Waals surface area contributed by atoms with E-state index in [0.29, 0.717) is 31.0 Å². The number of benzene rings is 1. The monoisotopic (exact) mass is 478 g/mol. The number of piperidine rings is 1. The number of hydrogen-bond donors (Lipinski definition) is 0. The van der Waals surface area contributed by atoms with Crippen LogP contribution in [0.3, 0.4) is 0 Å². The third-order valence-electron chi connectivity index (χ3n) is 6.70. The number of rotatable bonds is 7. The third-order valence-corrected chi connectivity index (χ3v) is 6.70. The largest absolute Gasteiger partial charge is 0.474 e. The third kappa shape index (κ3) is 6.38. The van der Waals surface area contributed by atoms with Gasteiger partial charge in [0.2, 0.25) is 17.7 Å². The topological polar surface area (TPSA) is 83.0 Å². The van der Waals surface area contributed by atoms with E-state index < -0.39 is 0 Å². The van der Waals surface area contributed by atoms with Crippen molar-refractivity contribution in [3.8, 4) is 17.0 Å². The Morgan fingerprint density at radius 2 is 1.43 bits per heavy atom. The normalized spacial score (nSPS) is 16.3. The Kier molecular flexibility index (Phi) is 8.00. The number of hydrogen-bond acceptors (Lipinski definition) is 5. The van der Waals surface area contributed by atoms with Crippen molar-refractivity contribution in [3.63, 3.8) is 0 Å². The average molecular weight is 479 g/mol. The lowest BCUT2D eigenvalue weighted by atomic mass is 10.1. The molecule has 2 aliphatic rings. The summed E-state index contributed by atoms with van der Waals surface area (Å²) in [4.78, 5) is 46.5. The van der Waals surface area contributed by atoms with Gasteiger partial charge in [0, 0.05) is 89.3 Å². The molecule has 0 spiro atoms. The molecule has 8 nitrogen and oxygen atoms in total. The van der Waals surface area contributed by atoms with Crippen molar-refractivity contribution in [2.24, 2.45) is 0 Å². The Morgan fingerprint density at radius 1 is 0.857 bits per heavy atom. The maximum atomic E-state index is 12.5. The summed E-state index contributed by atoms with van der Waals surface area (Å²) in [5.41, 5.74) is 2.58. The molecule has 3 amide bonds. The van der Waals surface area contributed by atoms with Crippen LogP contribution < -0.4 is 4.74 Å². The summed E-state index contributed by atoms with van der Waals surface area (Å²) in [7, 11) is 3.47. The lowest BCUT2D eigenvalue weighted by molar-refractivity contribution is -0.137. The number of nitrogens with zero attached hydrogens (tertiary/aromatic N) is 4. The molecule has 0 radical (unpaired) electrons. The van der Waals surface area contributed by atoms with E-state index in [1.165, 1.54) is 0 Å². The van der Waals surface area contributed by atoms with Crippen LogP contribution in [0.2, 0.25) is 0 Å². The molecule has 186 valence electrons. The first-order valence-electron chi connectivity index (χ1n) is 12.4. The van der Waals surface area contributed by atoms with Gasteiger partial charge in [-0.1, -0.05) is 12.1 Å². The van der Waals surface area contributed by atoms with Gasteiger partial charge in [-0.25, -0.2) is 4.98 Å². The van der Waals surface area contributed by atoms with E-state index in [0.717, 1.165) is 49.9 Å². The predicted octanol–water partition coefficient (Wildman–Crippen LogP) is 3.22. The van der Waals surface area contributed by atoms with Crippen LogP contribution in [0, 0.1) is 0 Å². The van der Waals surface area contributed by atoms with E-state index in [4.69, 9.17) is 4.74 Å². The fourth-order valence-corrected chi connectivity index (χ4v) is 4.57. The molecule has 1 aromatic carbocycles. The van der Waals surface area contributed by atoms with Gasteiger partial charge >= 0.3 is 0 Å². The maximum absolute atomic E-state index is 12.5. The number of ether oxygens (including phenoxy) is 1. The average Bonchev–Trinajstić information content (AvgIpc) is 3.43. The SMILES string of the molecule is CN(C)C(=O)c1ccc(-c2ccc(OC3CCN(C(=O)CCC(=O)N4CCCC4)CC3)nc2)cc1. The van der Waals surface area contributed by atoms with Crippen molar-refractivity contribution in [1.82, 2.24) is 19.7 Å². The molecule has 8 heteroatoms. The zero-order chi connectivity index (χ0) is 24.8. The van der Waals surface area contributed by atoms with Gasteiger partial charge in [0.05, 0.1) is 0 Å². The summed E-state index contributed by atoms with van der Waals surface area (Å²) in [6, 6.07) is 11.3. The number of likely N-dealkylation sites (tertiary alicyclic amines) is 2. The first-order chi connectivity index (χ1) is 16.9. The summed E-state index contributed by atoms with van der Waals surface area (Å²) >= 11 is 0. The van der Waals surface area contributed by atoms with Crippen LogP contribution in [0.1, 0.15) is 48.9 Å². The quantitative estimate of drug-likeness (QED) is 0.610. The van der Waals surface area contributed by atoms with Crippen molar-refractivity contribution in [2.45, 2.75) is 44.6 Å². The highest BCUT2D eigenvalue weighted by Gasteiger charge is 2.25. The van der Waals surface area contributed by atoms with Crippen molar-refractivity contribution >= 4 is 17.7 Å². The Balaban J connectivity index is 1.22.